The van der Waals surface area contributed by atoms with Gasteiger partial charge < -0.3 is 20.3 Å². The van der Waals surface area contributed by atoms with Crippen molar-refractivity contribution in [3.63, 3.8) is 0 Å². The van der Waals surface area contributed by atoms with Gasteiger partial charge >= 0.3 is 0 Å². The Hall–Kier alpha value is -3.53. The summed E-state index contributed by atoms with van der Waals surface area (Å²) in [5.41, 5.74) is 1.83. The summed E-state index contributed by atoms with van der Waals surface area (Å²) >= 11 is 0. The van der Waals surface area contributed by atoms with Gasteiger partial charge in [0, 0.05) is 31.5 Å². The zero-order valence-corrected chi connectivity index (χ0v) is 13.2. The molecule has 7 heteroatoms. The van der Waals surface area contributed by atoms with Crippen LogP contribution >= 0.6 is 0 Å². The Kier molecular flexibility index (Phi) is 5.02. The highest BCUT2D eigenvalue weighted by molar-refractivity contribution is 5.92. The Bertz CT molecular complexity index is 842. The molecule has 0 aliphatic carbocycles. The number of aromatic nitrogens is 1. The summed E-state index contributed by atoms with van der Waals surface area (Å²) in [5.74, 6) is -0.583. The summed E-state index contributed by atoms with van der Waals surface area (Å²) in [6.07, 6.45) is 2.01. The molecule has 0 unspecified atom stereocenters. The highest BCUT2D eigenvalue weighted by Gasteiger charge is 2.17. The van der Waals surface area contributed by atoms with Crippen molar-refractivity contribution in [3.8, 4) is 11.8 Å². The van der Waals surface area contributed by atoms with Crippen LogP contribution in [0, 0.1) is 11.3 Å². The van der Waals surface area contributed by atoms with Gasteiger partial charge in [-0.1, -0.05) is 0 Å². The van der Waals surface area contributed by atoms with Crippen LogP contribution in [0.4, 0.5) is 11.4 Å². The van der Waals surface area contributed by atoms with Crippen LogP contribution in [-0.4, -0.2) is 28.9 Å². The number of benzene rings is 1. The Morgan fingerprint density at radius 1 is 1.29 bits per heavy atom. The molecule has 2 aromatic rings. The molecule has 0 radical (unpaired) electrons. The van der Waals surface area contributed by atoms with Crippen molar-refractivity contribution in [2.75, 3.05) is 17.7 Å². The molecule has 0 atom stereocenters. The molecule has 3 N–H and O–H groups in total. The van der Waals surface area contributed by atoms with Gasteiger partial charge in [-0.05, 0) is 30.3 Å². The average Bonchev–Trinajstić information content (AvgIpc) is 3.00. The summed E-state index contributed by atoms with van der Waals surface area (Å²) in [6.45, 7) is 1.42. The lowest BCUT2D eigenvalue weighted by molar-refractivity contribution is -0.114. The van der Waals surface area contributed by atoms with Crippen LogP contribution in [-0.2, 0) is 9.59 Å². The third-order valence-electron chi connectivity index (χ3n) is 3.34. The number of nitrogens with zero attached hydrogens (tertiary/aromatic N) is 2. The molecule has 0 saturated heterocycles. The van der Waals surface area contributed by atoms with Gasteiger partial charge in [0.2, 0.25) is 5.91 Å². The first-order chi connectivity index (χ1) is 11.5. The van der Waals surface area contributed by atoms with E-state index in [1.165, 1.54) is 6.92 Å². The molecular formula is C17H16N4O3. The van der Waals surface area contributed by atoms with E-state index in [1.54, 1.807) is 54.2 Å². The van der Waals surface area contributed by atoms with Crippen molar-refractivity contribution in [1.29, 1.82) is 5.26 Å². The number of hydrogen-bond acceptors (Lipinski definition) is 5. The Labute approximate surface area is 138 Å². The number of carbonyl (C=O) groups is 2. The molecule has 1 aromatic heterocycles. The number of nitriles is 1. The molecule has 7 nitrogen and oxygen atoms in total. The van der Waals surface area contributed by atoms with Crippen molar-refractivity contribution in [2.24, 2.45) is 0 Å². The van der Waals surface area contributed by atoms with Crippen molar-refractivity contribution < 1.29 is 14.7 Å². The van der Waals surface area contributed by atoms with Gasteiger partial charge in [-0.25, -0.2) is 0 Å². The third kappa shape index (κ3) is 3.28. The van der Waals surface area contributed by atoms with E-state index in [1.807, 2.05) is 0 Å². The largest absolute Gasteiger partial charge is 0.504 e. The third-order valence-corrected chi connectivity index (χ3v) is 3.34. The second-order valence-corrected chi connectivity index (χ2v) is 4.92. The summed E-state index contributed by atoms with van der Waals surface area (Å²) in [6, 6.07) is 10.3. The first-order valence-electron chi connectivity index (χ1n) is 7.07. The zero-order chi connectivity index (χ0) is 17.7. The first-order valence-corrected chi connectivity index (χ1v) is 7.07. The average molecular weight is 324 g/mol. The van der Waals surface area contributed by atoms with Gasteiger partial charge in [-0.15, -0.1) is 0 Å². The maximum absolute atomic E-state index is 11.1. The number of nitrogens with one attached hydrogen (secondary N) is 2. The molecule has 2 rings (SSSR count). The van der Waals surface area contributed by atoms with Crippen LogP contribution < -0.4 is 10.6 Å². The molecule has 122 valence electrons. The van der Waals surface area contributed by atoms with Crippen molar-refractivity contribution in [2.45, 2.75) is 6.92 Å². The molecule has 0 spiro atoms. The van der Waals surface area contributed by atoms with Crippen molar-refractivity contribution >= 4 is 29.3 Å². The van der Waals surface area contributed by atoms with E-state index in [0.717, 1.165) is 0 Å². The van der Waals surface area contributed by atoms with Gasteiger partial charge in [0.15, 0.2) is 12.0 Å². The summed E-state index contributed by atoms with van der Waals surface area (Å²) < 4.78 is 1.64. The number of aldehydes is 1. The molecule has 1 aromatic carbocycles. The minimum absolute atomic E-state index is 0.174. The quantitative estimate of drug-likeness (QED) is 0.339. The fraction of sp³-hybridized carbons (Fsp3) is 0.118. The topological polar surface area (TPSA) is 107 Å². The SMILES string of the molecule is CNc1ccn(-c2ccc(NC(C)=O)cc2)c1/C(O)=C(/C#N)C=O. The number of hydrogen-bond donors (Lipinski definition) is 3. The number of amides is 1. The fourth-order valence-electron chi connectivity index (χ4n) is 2.26. The molecular weight excluding hydrogens is 308 g/mol. The van der Waals surface area contributed by atoms with Gasteiger partial charge in [0.05, 0.1) is 5.69 Å². The normalized spacial score (nSPS) is 11.2. The molecule has 0 fully saturated rings. The number of aliphatic hydroxyl groups excluding tert-OH is 1. The van der Waals surface area contributed by atoms with E-state index in [-0.39, 0.29) is 11.5 Å². The maximum Gasteiger partial charge on any atom is 0.221 e. The first kappa shape index (κ1) is 16.8. The van der Waals surface area contributed by atoms with Crippen LogP contribution in [0.2, 0.25) is 0 Å². The van der Waals surface area contributed by atoms with E-state index in [4.69, 9.17) is 5.26 Å². The molecule has 0 aliphatic rings. The number of rotatable bonds is 5. The van der Waals surface area contributed by atoms with Gasteiger partial charge in [-0.2, -0.15) is 5.26 Å². The summed E-state index contributed by atoms with van der Waals surface area (Å²) in [5, 5.41) is 24.9. The van der Waals surface area contributed by atoms with Gasteiger partial charge in [0.1, 0.15) is 17.3 Å². The van der Waals surface area contributed by atoms with E-state index < -0.39 is 5.76 Å². The molecule has 0 saturated carbocycles. The van der Waals surface area contributed by atoms with Crippen LogP contribution in [0.15, 0.2) is 42.1 Å². The number of allylic oxidation sites excluding steroid dienone is 1. The summed E-state index contributed by atoms with van der Waals surface area (Å²) in [4.78, 5) is 22.0. The molecule has 24 heavy (non-hydrogen) atoms. The lowest BCUT2D eigenvalue weighted by Gasteiger charge is -2.12. The molecule has 0 bridgehead atoms. The van der Waals surface area contributed by atoms with E-state index >= 15 is 0 Å². The number of carbonyl (C=O) groups excluding carboxylic acids is 2. The monoisotopic (exact) mass is 324 g/mol. The van der Waals surface area contributed by atoms with Gasteiger partial charge in [-0.3, -0.25) is 9.59 Å². The lowest BCUT2D eigenvalue weighted by Crippen LogP contribution is -2.06. The smallest absolute Gasteiger partial charge is 0.221 e. The van der Waals surface area contributed by atoms with E-state index in [0.29, 0.717) is 29.0 Å². The number of anilines is 2. The molecule has 1 heterocycles. The Balaban J connectivity index is 2.55. The molecule has 1 amide bonds. The fourth-order valence-corrected chi connectivity index (χ4v) is 2.26. The minimum atomic E-state index is -0.409. The predicted molar refractivity (Wildman–Crippen MR) is 90.8 cm³/mol. The van der Waals surface area contributed by atoms with E-state index in [9.17, 15) is 14.7 Å². The Morgan fingerprint density at radius 3 is 2.46 bits per heavy atom. The Morgan fingerprint density at radius 2 is 1.96 bits per heavy atom. The second-order valence-electron chi connectivity index (χ2n) is 4.92. The van der Waals surface area contributed by atoms with Crippen LogP contribution in [0.3, 0.4) is 0 Å². The summed E-state index contributed by atoms with van der Waals surface area (Å²) in [7, 11) is 1.67. The highest BCUT2D eigenvalue weighted by Crippen LogP contribution is 2.28. The lowest BCUT2D eigenvalue weighted by atomic mass is 10.2. The zero-order valence-electron chi connectivity index (χ0n) is 13.2. The minimum Gasteiger partial charge on any atom is -0.504 e. The molecule has 0 aliphatic heterocycles. The van der Waals surface area contributed by atoms with Crippen LogP contribution in [0.25, 0.3) is 11.4 Å². The standard InChI is InChI=1S/C17H16N4O3/c1-11(23)20-13-3-5-14(6-4-13)21-8-7-15(19-2)16(21)17(24)12(9-18)10-22/h3-8,10,19,24H,1-2H3,(H,20,23)/b17-12+. The van der Waals surface area contributed by atoms with Crippen LogP contribution in [0.1, 0.15) is 12.6 Å². The van der Waals surface area contributed by atoms with Gasteiger partial charge in [0.25, 0.3) is 0 Å². The predicted octanol–water partition coefficient (Wildman–Crippen LogP) is 2.47. The van der Waals surface area contributed by atoms with Crippen molar-refractivity contribution in [3.05, 3.63) is 47.8 Å². The second kappa shape index (κ2) is 7.15. The van der Waals surface area contributed by atoms with E-state index in [2.05, 4.69) is 10.6 Å². The number of aliphatic hydroxyl groups is 1. The highest BCUT2D eigenvalue weighted by atomic mass is 16.3. The maximum atomic E-state index is 11.1. The van der Waals surface area contributed by atoms with Crippen molar-refractivity contribution in [1.82, 2.24) is 4.57 Å². The van der Waals surface area contributed by atoms with Crippen LogP contribution in [0.5, 0.6) is 0 Å².